The molecule has 0 atom stereocenters. The van der Waals surface area contributed by atoms with E-state index in [0.717, 1.165) is 34.5 Å². The summed E-state index contributed by atoms with van der Waals surface area (Å²) in [6.45, 7) is 4.77. The number of anilines is 1. The Labute approximate surface area is 158 Å². The van der Waals surface area contributed by atoms with Crippen molar-refractivity contribution in [2.75, 3.05) is 5.73 Å². The van der Waals surface area contributed by atoms with Gasteiger partial charge in [0.2, 0.25) is 0 Å². The molecule has 0 bridgehead atoms. The van der Waals surface area contributed by atoms with Crippen molar-refractivity contribution in [2.45, 2.75) is 26.5 Å². The van der Waals surface area contributed by atoms with Gasteiger partial charge >= 0.3 is 0 Å². The summed E-state index contributed by atoms with van der Waals surface area (Å²) >= 11 is 0. The van der Waals surface area contributed by atoms with Crippen LogP contribution in [0, 0.1) is 0 Å². The van der Waals surface area contributed by atoms with E-state index in [1.54, 1.807) is 0 Å². The highest BCUT2D eigenvalue weighted by atomic mass is 16.5. The molecule has 0 fully saturated rings. The fourth-order valence-corrected chi connectivity index (χ4v) is 3.26. The third-order valence-corrected chi connectivity index (χ3v) is 4.44. The van der Waals surface area contributed by atoms with Gasteiger partial charge in [0.25, 0.3) is 0 Å². The topological polar surface area (TPSA) is 70.9 Å². The van der Waals surface area contributed by atoms with Gasteiger partial charge in [0.1, 0.15) is 11.6 Å². The molecular formula is C21H23N5O. The number of aryl methyl sites for hydroxylation is 1. The normalized spacial score (nSPS) is 11.4. The van der Waals surface area contributed by atoms with Gasteiger partial charge in [-0.25, -0.2) is 4.98 Å². The molecule has 0 saturated heterocycles. The fourth-order valence-electron chi connectivity index (χ4n) is 3.26. The second-order valence-electron chi connectivity index (χ2n) is 7.00. The van der Waals surface area contributed by atoms with Crippen LogP contribution in [-0.2, 0) is 13.6 Å². The zero-order valence-electron chi connectivity index (χ0n) is 15.8. The molecule has 1 aromatic carbocycles. The van der Waals surface area contributed by atoms with E-state index >= 15 is 0 Å². The maximum Gasteiger partial charge on any atom is 0.125 e. The Kier molecular flexibility index (Phi) is 4.32. The van der Waals surface area contributed by atoms with Crippen LogP contribution in [0.25, 0.3) is 22.2 Å². The zero-order valence-corrected chi connectivity index (χ0v) is 15.8. The van der Waals surface area contributed by atoms with Crippen molar-refractivity contribution in [1.82, 2.24) is 19.3 Å². The van der Waals surface area contributed by atoms with Gasteiger partial charge < -0.3 is 15.0 Å². The lowest BCUT2D eigenvalue weighted by molar-refractivity contribution is 0.242. The Balaban J connectivity index is 1.76. The summed E-state index contributed by atoms with van der Waals surface area (Å²) in [5.41, 5.74) is 10.3. The molecule has 0 spiro atoms. The highest BCUT2D eigenvalue weighted by Gasteiger charge is 2.13. The second-order valence-corrected chi connectivity index (χ2v) is 7.00. The van der Waals surface area contributed by atoms with Gasteiger partial charge in [-0.1, -0.05) is 12.1 Å². The number of nitrogens with zero attached hydrogens (tertiary/aromatic N) is 4. The molecule has 6 nitrogen and oxygen atoms in total. The molecule has 0 radical (unpaired) electrons. The number of benzene rings is 1. The van der Waals surface area contributed by atoms with Crippen molar-refractivity contribution in [3.05, 3.63) is 60.6 Å². The summed E-state index contributed by atoms with van der Waals surface area (Å²) in [7, 11) is 1.92. The molecule has 0 aliphatic heterocycles. The molecule has 0 amide bonds. The number of hydrogen-bond acceptors (Lipinski definition) is 4. The van der Waals surface area contributed by atoms with Gasteiger partial charge in [-0.15, -0.1) is 0 Å². The van der Waals surface area contributed by atoms with Gasteiger partial charge in [-0.2, -0.15) is 5.10 Å². The summed E-state index contributed by atoms with van der Waals surface area (Å²) in [4.78, 5) is 4.23. The van der Waals surface area contributed by atoms with E-state index in [1.165, 1.54) is 5.56 Å². The van der Waals surface area contributed by atoms with Crippen LogP contribution in [0.1, 0.15) is 19.4 Å². The minimum atomic E-state index is 0.164. The Morgan fingerprint density at radius 1 is 1.11 bits per heavy atom. The van der Waals surface area contributed by atoms with E-state index in [4.69, 9.17) is 10.5 Å². The van der Waals surface area contributed by atoms with Crippen LogP contribution in [0.3, 0.4) is 0 Å². The molecule has 0 unspecified atom stereocenters. The first kappa shape index (κ1) is 17.1. The van der Waals surface area contributed by atoms with Crippen molar-refractivity contribution >= 4 is 16.7 Å². The molecule has 3 aromatic heterocycles. The molecule has 27 heavy (non-hydrogen) atoms. The monoisotopic (exact) mass is 361 g/mol. The first-order valence-electron chi connectivity index (χ1n) is 8.99. The standard InChI is InChI=1S/C21H23N5O/c1-14(2)27-18-6-4-15(5-7-18)12-26-19(17-11-24-25(3)13-17)8-16-10-23-21(22)9-20(16)26/h4-11,13-14H,12H2,1-3H3,(H2,22,23). The quantitative estimate of drug-likeness (QED) is 0.586. The molecule has 4 aromatic rings. The number of ether oxygens (including phenoxy) is 1. The Morgan fingerprint density at radius 3 is 2.56 bits per heavy atom. The van der Waals surface area contributed by atoms with E-state index in [9.17, 15) is 0 Å². The van der Waals surface area contributed by atoms with Crippen LogP contribution in [0.4, 0.5) is 5.82 Å². The van der Waals surface area contributed by atoms with Crippen molar-refractivity contribution in [3.8, 4) is 17.0 Å². The van der Waals surface area contributed by atoms with E-state index in [0.29, 0.717) is 5.82 Å². The van der Waals surface area contributed by atoms with E-state index in [-0.39, 0.29) is 6.10 Å². The minimum absolute atomic E-state index is 0.164. The molecule has 4 rings (SSSR count). The second kappa shape index (κ2) is 6.79. The van der Waals surface area contributed by atoms with Gasteiger partial charge in [-0.3, -0.25) is 4.68 Å². The summed E-state index contributed by atoms with van der Waals surface area (Å²) < 4.78 is 9.80. The predicted molar refractivity (Wildman–Crippen MR) is 108 cm³/mol. The van der Waals surface area contributed by atoms with Crippen molar-refractivity contribution < 1.29 is 4.74 Å². The van der Waals surface area contributed by atoms with Gasteiger partial charge in [0.15, 0.2) is 0 Å². The highest BCUT2D eigenvalue weighted by Crippen LogP contribution is 2.29. The Bertz CT molecular complexity index is 1080. The number of nitrogens with two attached hydrogens (primary N) is 1. The SMILES string of the molecule is CC(C)Oc1ccc(Cn2c(-c3cnn(C)c3)cc3cnc(N)cc32)cc1. The first-order chi connectivity index (χ1) is 13.0. The molecule has 138 valence electrons. The molecule has 0 saturated carbocycles. The molecule has 2 N–H and O–H groups in total. The minimum Gasteiger partial charge on any atom is -0.491 e. The number of aromatic nitrogens is 4. The van der Waals surface area contributed by atoms with Crippen molar-refractivity contribution in [3.63, 3.8) is 0 Å². The molecule has 6 heteroatoms. The number of rotatable bonds is 5. The van der Waals surface area contributed by atoms with Crippen LogP contribution in [0.15, 0.2) is 55.0 Å². The summed E-state index contributed by atoms with van der Waals surface area (Å²) in [6, 6.07) is 12.3. The third kappa shape index (κ3) is 3.51. The lowest BCUT2D eigenvalue weighted by Gasteiger charge is -2.13. The smallest absolute Gasteiger partial charge is 0.125 e. The number of hydrogen-bond donors (Lipinski definition) is 1. The highest BCUT2D eigenvalue weighted by molar-refractivity contribution is 5.87. The average Bonchev–Trinajstić information content (AvgIpc) is 3.20. The Morgan fingerprint density at radius 2 is 1.89 bits per heavy atom. The molecule has 0 aliphatic rings. The zero-order chi connectivity index (χ0) is 19.0. The van der Waals surface area contributed by atoms with Gasteiger partial charge in [-0.05, 0) is 37.6 Å². The lowest BCUT2D eigenvalue weighted by Crippen LogP contribution is -2.06. The van der Waals surface area contributed by atoms with Crippen LogP contribution in [-0.4, -0.2) is 25.4 Å². The Hall–Kier alpha value is -3.28. The lowest BCUT2D eigenvalue weighted by atomic mass is 10.2. The average molecular weight is 361 g/mol. The summed E-state index contributed by atoms with van der Waals surface area (Å²) in [6.07, 6.45) is 5.87. The number of nitrogen functional groups attached to an aromatic ring is 1. The van der Waals surface area contributed by atoms with E-state index in [2.05, 4.69) is 32.8 Å². The third-order valence-electron chi connectivity index (χ3n) is 4.44. The van der Waals surface area contributed by atoms with Gasteiger partial charge in [0.05, 0.1) is 23.5 Å². The maximum atomic E-state index is 5.95. The summed E-state index contributed by atoms with van der Waals surface area (Å²) in [5.74, 6) is 1.40. The summed E-state index contributed by atoms with van der Waals surface area (Å²) in [5, 5.41) is 5.37. The van der Waals surface area contributed by atoms with Crippen LogP contribution >= 0.6 is 0 Å². The van der Waals surface area contributed by atoms with Crippen LogP contribution in [0.5, 0.6) is 5.75 Å². The molecule has 3 heterocycles. The van der Waals surface area contributed by atoms with E-state index < -0.39 is 0 Å². The van der Waals surface area contributed by atoms with Crippen molar-refractivity contribution in [1.29, 1.82) is 0 Å². The first-order valence-corrected chi connectivity index (χ1v) is 8.99. The predicted octanol–water partition coefficient (Wildman–Crippen LogP) is 3.85. The fraction of sp³-hybridized carbons (Fsp3) is 0.238. The van der Waals surface area contributed by atoms with Crippen LogP contribution in [0.2, 0.25) is 0 Å². The maximum absolute atomic E-state index is 5.95. The van der Waals surface area contributed by atoms with Crippen LogP contribution < -0.4 is 10.5 Å². The number of fused-ring (bicyclic) bond motifs is 1. The molecule has 0 aliphatic carbocycles. The van der Waals surface area contributed by atoms with Gasteiger partial charge in [0, 0.05) is 43.0 Å². The largest absolute Gasteiger partial charge is 0.491 e. The van der Waals surface area contributed by atoms with E-state index in [1.807, 2.05) is 62.4 Å². The van der Waals surface area contributed by atoms with Crippen molar-refractivity contribution in [2.24, 2.45) is 7.05 Å². The number of pyridine rings is 1. The molecular weight excluding hydrogens is 338 g/mol.